The van der Waals surface area contributed by atoms with Crippen LogP contribution in [-0.2, 0) is 21.4 Å². The Bertz CT molecular complexity index is 803. The third-order valence-electron chi connectivity index (χ3n) is 3.43. The molecule has 0 saturated heterocycles. The molecule has 6 nitrogen and oxygen atoms in total. The van der Waals surface area contributed by atoms with Crippen molar-refractivity contribution in [2.45, 2.75) is 19.9 Å². The zero-order valence-electron chi connectivity index (χ0n) is 13.5. The number of benzene rings is 1. The number of nitrogens with zero attached hydrogens (tertiary/aromatic N) is 1. The second kappa shape index (κ2) is 7.83. The van der Waals surface area contributed by atoms with E-state index in [1.807, 2.05) is 6.92 Å². The Labute approximate surface area is 146 Å². The molecular formula is C16H19ClN2O4S. The fraction of sp³-hybridized carbons (Fsp3) is 0.312. The number of hydrogen-bond donors (Lipinski definition) is 1. The number of aryl methyl sites for hydroxylation is 1. The van der Waals surface area contributed by atoms with Gasteiger partial charge in [-0.15, -0.1) is 0 Å². The number of carbonyl (C=O) groups is 1. The molecule has 0 atom stereocenters. The average Bonchev–Trinajstić information content (AvgIpc) is 2.98. The molecule has 8 heteroatoms. The second-order valence-electron chi connectivity index (χ2n) is 5.43. The molecule has 0 aliphatic rings. The lowest BCUT2D eigenvalue weighted by Crippen LogP contribution is -2.32. The molecule has 0 aliphatic heterocycles. The number of anilines is 1. The van der Waals surface area contributed by atoms with E-state index in [4.69, 9.17) is 16.0 Å². The maximum absolute atomic E-state index is 12.1. The van der Waals surface area contributed by atoms with E-state index in [0.717, 1.165) is 11.8 Å². The van der Waals surface area contributed by atoms with Crippen molar-refractivity contribution >= 4 is 33.2 Å². The van der Waals surface area contributed by atoms with Gasteiger partial charge in [-0.3, -0.25) is 4.79 Å². The molecule has 2 aromatic rings. The number of rotatable bonds is 7. The normalized spacial score (nSPS) is 11.7. The van der Waals surface area contributed by atoms with Crippen LogP contribution in [0.3, 0.4) is 0 Å². The van der Waals surface area contributed by atoms with Gasteiger partial charge in [0.1, 0.15) is 5.76 Å². The highest BCUT2D eigenvalue weighted by molar-refractivity contribution is 7.88. The Balaban J connectivity index is 1.97. The molecule has 130 valence electrons. The summed E-state index contributed by atoms with van der Waals surface area (Å²) >= 11 is 5.88. The van der Waals surface area contributed by atoms with E-state index < -0.39 is 10.0 Å². The monoisotopic (exact) mass is 370 g/mol. The number of halogens is 1. The summed E-state index contributed by atoms with van der Waals surface area (Å²) < 4.78 is 30.1. The molecule has 24 heavy (non-hydrogen) atoms. The average molecular weight is 371 g/mol. The lowest BCUT2D eigenvalue weighted by atomic mass is 10.2. The molecule has 0 spiro atoms. The highest BCUT2D eigenvalue weighted by Crippen LogP contribution is 2.20. The van der Waals surface area contributed by atoms with E-state index in [1.54, 1.807) is 30.3 Å². The first-order valence-corrected chi connectivity index (χ1v) is 9.52. The summed E-state index contributed by atoms with van der Waals surface area (Å²) in [7, 11) is -3.45. The zero-order valence-corrected chi connectivity index (χ0v) is 15.0. The number of sulfonamides is 1. The predicted molar refractivity (Wildman–Crippen MR) is 93.4 cm³/mol. The van der Waals surface area contributed by atoms with Crippen LogP contribution in [0.5, 0.6) is 0 Å². The van der Waals surface area contributed by atoms with Crippen LogP contribution in [0.4, 0.5) is 5.69 Å². The number of carbonyl (C=O) groups excluding carboxylic acids is 1. The molecule has 0 unspecified atom stereocenters. The van der Waals surface area contributed by atoms with Gasteiger partial charge in [-0.05, 0) is 42.8 Å². The van der Waals surface area contributed by atoms with Crippen molar-refractivity contribution in [2.75, 3.05) is 18.1 Å². The molecule has 1 heterocycles. The van der Waals surface area contributed by atoms with Gasteiger partial charge in [-0.2, -0.15) is 4.31 Å². The smallest absolute Gasteiger partial charge is 0.225 e. The topological polar surface area (TPSA) is 79.6 Å². The Hall–Kier alpha value is -1.83. The minimum absolute atomic E-state index is 0.0375. The van der Waals surface area contributed by atoms with Crippen LogP contribution >= 0.6 is 11.6 Å². The number of furan rings is 1. The van der Waals surface area contributed by atoms with E-state index >= 15 is 0 Å². The van der Waals surface area contributed by atoms with Crippen molar-refractivity contribution in [1.29, 1.82) is 0 Å². The van der Waals surface area contributed by atoms with Crippen LogP contribution in [0.1, 0.15) is 17.7 Å². The Morgan fingerprint density at radius 2 is 2.08 bits per heavy atom. The van der Waals surface area contributed by atoms with Crippen molar-refractivity contribution in [3.63, 3.8) is 0 Å². The van der Waals surface area contributed by atoms with Gasteiger partial charge in [0.05, 0.1) is 19.1 Å². The highest BCUT2D eigenvalue weighted by atomic mass is 35.5. The summed E-state index contributed by atoms with van der Waals surface area (Å²) in [5, 5.41) is 3.35. The summed E-state index contributed by atoms with van der Waals surface area (Å²) in [6.07, 6.45) is 2.62. The van der Waals surface area contributed by atoms with Crippen LogP contribution in [0, 0.1) is 6.92 Å². The minimum atomic E-state index is -3.45. The first-order valence-electron chi connectivity index (χ1n) is 7.29. The lowest BCUT2D eigenvalue weighted by Gasteiger charge is -2.18. The standard InChI is InChI=1S/C16H19ClN2O4S/c1-12-10-13(17)5-6-15(12)18-16(20)7-8-19(24(2,21)22)11-14-4-3-9-23-14/h3-6,9-10H,7-8,11H2,1-2H3,(H,18,20). The Morgan fingerprint density at radius 3 is 2.67 bits per heavy atom. The van der Waals surface area contributed by atoms with Crippen molar-refractivity contribution in [1.82, 2.24) is 4.31 Å². The Morgan fingerprint density at radius 1 is 1.33 bits per heavy atom. The summed E-state index contributed by atoms with van der Waals surface area (Å²) in [4.78, 5) is 12.1. The third kappa shape index (κ3) is 5.36. The number of nitrogens with one attached hydrogen (secondary N) is 1. The quantitative estimate of drug-likeness (QED) is 0.812. The van der Waals surface area contributed by atoms with Crippen molar-refractivity contribution < 1.29 is 17.6 Å². The first kappa shape index (κ1) is 18.5. The van der Waals surface area contributed by atoms with E-state index in [2.05, 4.69) is 5.32 Å². The van der Waals surface area contributed by atoms with Crippen molar-refractivity contribution in [2.24, 2.45) is 0 Å². The van der Waals surface area contributed by atoms with E-state index in [1.165, 1.54) is 10.6 Å². The second-order valence-corrected chi connectivity index (χ2v) is 7.85. The molecular weight excluding hydrogens is 352 g/mol. The predicted octanol–water partition coefficient (Wildman–Crippen LogP) is 3.03. The van der Waals surface area contributed by atoms with Crippen molar-refractivity contribution in [3.8, 4) is 0 Å². The van der Waals surface area contributed by atoms with Gasteiger partial charge in [-0.25, -0.2) is 8.42 Å². The van der Waals surface area contributed by atoms with E-state index in [-0.39, 0.29) is 25.4 Å². The molecule has 2 rings (SSSR count). The molecule has 1 N–H and O–H groups in total. The summed E-state index contributed by atoms with van der Waals surface area (Å²) in [5.74, 6) is 0.253. The molecule has 1 amide bonds. The summed E-state index contributed by atoms with van der Waals surface area (Å²) in [5.41, 5.74) is 1.49. The van der Waals surface area contributed by atoms with Gasteiger partial charge >= 0.3 is 0 Å². The molecule has 1 aromatic heterocycles. The van der Waals surface area contributed by atoms with Crippen LogP contribution in [0.15, 0.2) is 41.0 Å². The van der Waals surface area contributed by atoms with Gasteiger partial charge in [0.15, 0.2) is 0 Å². The van der Waals surface area contributed by atoms with E-state index in [0.29, 0.717) is 16.5 Å². The van der Waals surface area contributed by atoms with Gasteiger partial charge in [0.2, 0.25) is 15.9 Å². The van der Waals surface area contributed by atoms with Crippen LogP contribution in [-0.4, -0.2) is 31.4 Å². The molecule has 1 aromatic carbocycles. The van der Waals surface area contributed by atoms with Gasteiger partial charge in [-0.1, -0.05) is 11.6 Å². The van der Waals surface area contributed by atoms with Gasteiger partial charge < -0.3 is 9.73 Å². The Kier molecular flexibility index (Phi) is 6.04. The largest absolute Gasteiger partial charge is 0.468 e. The molecule has 0 bridgehead atoms. The van der Waals surface area contributed by atoms with Crippen LogP contribution in [0.25, 0.3) is 0 Å². The SMILES string of the molecule is Cc1cc(Cl)ccc1NC(=O)CCN(Cc1ccco1)S(C)(=O)=O. The number of hydrogen-bond acceptors (Lipinski definition) is 4. The molecule has 0 fully saturated rings. The zero-order chi connectivity index (χ0) is 17.7. The third-order valence-corrected chi connectivity index (χ3v) is 4.92. The fourth-order valence-corrected chi connectivity index (χ4v) is 3.16. The van der Waals surface area contributed by atoms with Gasteiger partial charge in [0.25, 0.3) is 0 Å². The maximum atomic E-state index is 12.1. The first-order chi connectivity index (χ1) is 11.3. The molecule has 0 saturated carbocycles. The summed E-state index contributed by atoms with van der Waals surface area (Å²) in [6.45, 7) is 2.00. The fourth-order valence-electron chi connectivity index (χ4n) is 2.14. The highest BCUT2D eigenvalue weighted by Gasteiger charge is 2.19. The minimum Gasteiger partial charge on any atom is -0.468 e. The molecule has 0 aliphatic carbocycles. The maximum Gasteiger partial charge on any atom is 0.225 e. The lowest BCUT2D eigenvalue weighted by molar-refractivity contribution is -0.116. The van der Waals surface area contributed by atoms with Crippen LogP contribution < -0.4 is 5.32 Å². The molecule has 0 radical (unpaired) electrons. The van der Waals surface area contributed by atoms with Crippen LogP contribution in [0.2, 0.25) is 5.02 Å². The van der Waals surface area contributed by atoms with Gasteiger partial charge in [0, 0.05) is 23.7 Å². The summed E-state index contributed by atoms with van der Waals surface area (Å²) in [6, 6.07) is 8.52. The van der Waals surface area contributed by atoms with E-state index in [9.17, 15) is 13.2 Å². The number of amides is 1. The van der Waals surface area contributed by atoms with Crippen molar-refractivity contribution in [3.05, 3.63) is 52.9 Å².